The second-order valence-corrected chi connectivity index (χ2v) is 7.79. The van der Waals surface area contributed by atoms with Gasteiger partial charge in [-0.05, 0) is 51.6 Å². The van der Waals surface area contributed by atoms with Crippen LogP contribution in [-0.4, -0.2) is 62.1 Å². The van der Waals surface area contributed by atoms with Crippen molar-refractivity contribution in [2.45, 2.75) is 58.2 Å². The predicted molar refractivity (Wildman–Crippen MR) is 87.6 cm³/mol. The number of likely N-dealkylation sites (tertiary alicyclic amines) is 2. The highest BCUT2D eigenvalue weighted by Crippen LogP contribution is 2.45. The minimum absolute atomic E-state index is 0.0558. The van der Waals surface area contributed by atoms with Crippen LogP contribution in [0, 0.1) is 5.41 Å². The number of imidazole rings is 1. The minimum Gasteiger partial charge on any atom is -0.391 e. The summed E-state index contributed by atoms with van der Waals surface area (Å²) in [5.74, 6) is 1.06. The van der Waals surface area contributed by atoms with Gasteiger partial charge in [-0.1, -0.05) is 0 Å². The van der Waals surface area contributed by atoms with Gasteiger partial charge >= 0.3 is 0 Å². The van der Waals surface area contributed by atoms with Crippen LogP contribution >= 0.6 is 0 Å². The Kier molecular flexibility index (Phi) is 4.23. The summed E-state index contributed by atoms with van der Waals surface area (Å²) >= 11 is 0. The summed E-state index contributed by atoms with van der Waals surface area (Å²) in [5.41, 5.74) is -0.414. The number of aliphatic hydroxyl groups is 1. The van der Waals surface area contributed by atoms with Crippen molar-refractivity contribution < 1.29 is 9.90 Å². The molecule has 0 bridgehead atoms. The van der Waals surface area contributed by atoms with Crippen LogP contribution < -0.4 is 0 Å². The number of rotatable bonds is 2. The van der Waals surface area contributed by atoms with Gasteiger partial charge in [0.05, 0.1) is 18.2 Å². The van der Waals surface area contributed by atoms with Crippen molar-refractivity contribution in [3.63, 3.8) is 0 Å². The number of nitrogens with one attached hydrogen (secondary N) is 1. The van der Waals surface area contributed by atoms with Crippen LogP contribution in [0.4, 0.5) is 0 Å². The Hall–Kier alpha value is -1.40. The van der Waals surface area contributed by atoms with Gasteiger partial charge in [-0.2, -0.15) is 0 Å². The van der Waals surface area contributed by atoms with Crippen molar-refractivity contribution in [1.29, 1.82) is 0 Å². The Morgan fingerprint density at radius 3 is 2.70 bits per heavy atom. The van der Waals surface area contributed by atoms with Crippen molar-refractivity contribution in [2.75, 3.05) is 19.6 Å². The molecule has 2 aliphatic heterocycles. The van der Waals surface area contributed by atoms with E-state index < -0.39 is 11.6 Å². The second kappa shape index (κ2) is 5.91. The number of hydrogen-bond acceptors (Lipinski definition) is 4. The third kappa shape index (κ3) is 3.15. The minimum atomic E-state index is -0.470. The fourth-order valence-corrected chi connectivity index (χ4v) is 4.10. The summed E-state index contributed by atoms with van der Waals surface area (Å²) in [6, 6.07) is 0. The molecule has 2 saturated heterocycles. The molecule has 0 aromatic carbocycles. The molecule has 6 heteroatoms. The molecule has 128 valence electrons. The van der Waals surface area contributed by atoms with Crippen molar-refractivity contribution in [2.24, 2.45) is 5.41 Å². The fourth-order valence-electron chi connectivity index (χ4n) is 4.10. The first-order valence-corrected chi connectivity index (χ1v) is 8.49. The normalized spacial score (nSPS) is 27.3. The van der Waals surface area contributed by atoms with E-state index in [1.54, 1.807) is 13.1 Å². The molecule has 1 aromatic rings. The van der Waals surface area contributed by atoms with E-state index in [4.69, 9.17) is 0 Å². The van der Waals surface area contributed by atoms with E-state index in [2.05, 4.69) is 14.9 Å². The molecular weight excluding hydrogens is 292 g/mol. The van der Waals surface area contributed by atoms with Crippen LogP contribution in [0.5, 0.6) is 0 Å². The second-order valence-electron chi connectivity index (χ2n) is 7.79. The SMILES string of the molecule is CC(=O)N1CC2(CCN(Cc3ncc[nH]3)CC2)CC(O)C1(C)C. The largest absolute Gasteiger partial charge is 0.391 e. The smallest absolute Gasteiger partial charge is 0.219 e. The zero-order chi connectivity index (χ0) is 16.7. The molecule has 0 saturated carbocycles. The lowest BCUT2D eigenvalue weighted by Gasteiger charge is -2.55. The van der Waals surface area contributed by atoms with Gasteiger partial charge in [-0.25, -0.2) is 4.98 Å². The summed E-state index contributed by atoms with van der Waals surface area (Å²) in [7, 11) is 0. The van der Waals surface area contributed by atoms with Gasteiger partial charge in [0.25, 0.3) is 0 Å². The maximum atomic E-state index is 12.1. The molecule has 23 heavy (non-hydrogen) atoms. The lowest BCUT2D eigenvalue weighted by molar-refractivity contribution is -0.157. The molecule has 1 amide bonds. The van der Waals surface area contributed by atoms with Gasteiger partial charge in [-0.15, -0.1) is 0 Å². The maximum Gasteiger partial charge on any atom is 0.219 e. The monoisotopic (exact) mass is 320 g/mol. The molecule has 1 aromatic heterocycles. The quantitative estimate of drug-likeness (QED) is 0.863. The van der Waals surface area contributed by atoms with Crippen LogP contribution in [0.2, 0.25) is 0 Å². The van der Waals surface area contributed by atoms with E-state index in [0.717, 1.165) is 51.3 Å². The number of H-pyrrole nitrogens is 1. The zero-order valence-electron chi connectivity index (χ0n) is 14.4. The Balaban J connectivity index is 1.66. The van der Waals surface area contributed by atoms with Crippen molar-refractivity contribution in [1.82, 2.24) is 19.8 Å². The molecule has 0 radical (unpaired) electrons. The topological polar surface area (TPSA) is 72.5 Å². The number of aliphatic hydroxyl groups excluding tert-OH is 1. The number of aromatic nitrogens is 2. The molecule has 2 N–H and O–H groups in total. The van der Waals surface area contributed by atoms with E-state index >= 15 is 0 Å². The third-order valence-electron chi connectivity index (χ3n) is 5.86. The van der Waals surface area contributed by atoms with Gasteiger partial charge in [-0.3, -0.25) is 9.69 Å². The first-order valence-electron chi connectivity index (χ1n) is 8.49. The fraction of sp³-hybridized carbons (Fsp3) is 0.765. The molecule has 3 heterocycles. The summed E-state index contributed by atoms with van der Waals surface area (Å²) in [6.45, 7) is 9.13. The molecule has 1 spiro atoms. The number of hydrogen-bond donors (Lipinski definition) is 2. The number of amides is 1. The predicted octanol–water partition coefficient (Wildman–Crippen LogP) is 1.38. The van der Waals surface area contributed by atoms with Crippen molar-refractivity contribution in [3.05, 3.63) is 18.2 Å². The van der Waals surface area contributed by atoms with Gasteiger partial charge in [0.15, 0.2) is 0 Å². The first-order chi connectivity index (χ1) is 10.8. The molecular formula is C17H28N4O2. The number of nitrogens with zero attached hydrogens (tertiary/aromatic N) is 3. The highest BCUT2D eigenvalue weighted by atomic mass is 16.3. The summed E-state index contributed by atoms with van der Waals surface area (Å²) < 4.78 is 0. The van der Waals surface area contributed by atoms with Crippen LogP contribution in [0.15, 0.2) is 12.4 Å². The summed E-state index contributed by atoms with van der Waals surface area (Å²) in [5, 5.41) is 10.6. The molecule has 2 fully saturated rings. The maximum absolute atomic E-state index is 12.1. The molecule has 0 aliphatic carbocycles. The van der Waals surface area contributed by atoms with E-state index in [1.807, 2.05) is 24.9 Å². The number of carbonyl (C=O) groups excluding carboxylic acids is 1. The van der Waals surface area contributed by atoms with Crippen molar-refractivity contribution >= 4 is 5.91 Å². The molecule has 6 nitrogen and oxygen atoms in total. The number of aromatic amines is 1. The van der Waals surface area contributed by atoms with Crippen LogP contribution in [0.3, 0.4) is 0 Å². The van der Waals surface area contributed by atoms with Crippen LogP contribution in [-0.2, 0) is 11.3 Å². The van der Waals surface area contributed by atoms with E-state index in [0.29, 0.717) is 0 Å². The van der Waals surface area contributed by atoms with E-state index in [1.165, 1.54) is 0 Å². The van der Waals surface area contributed by atoms with Crippen LogP contribution in [0.25, 0.3) is 0 Å². The highest BCUT2D eigenvalue weighted by Gasteiger charge is 2.50. The van der Waals surface area contributed by atoms with Gasteiger partial charge in [0.2, 0.25) is 5.91 Å². The van der Waals surface area contributed by atoms with Gasteiger partial charge in [0.1, 0.15) is 5.82 Å². The first kappa shape index (κ1) is 16.5. The van der Waals surface area contributed by atoms with Crippen LogP contribution in [0.1, 0.15) is 45.9 Å². The average molecular weight is 320 g/mol. The Morgan fingerprint density at radius 1 is 1.43 bits per heavy atom. The lowest BCUT2D eigenvalue weighted by Crippen LogP contribution is -2.64. The number of piperidine rings is 2. The lowest BCUT2D eigenvalue weighted by atomic mass is 9.67. The third-order valence-corrected chi connectivity index (χ3v) is 5.86. The zero-order valence-corrected chi connectivity index (χ0v) is 14.4. The molecule has 3 rings (SSSR count). The Bertz CT molecular complexity index is 547. The molecule has 2 aliphatic rings. The molecule has 1 unspecified atom stereocenters. The summed E-state index contributed by atoms with van der Waals surface area (Å²) in [4.78, 5) is 23.8. The Morgan fingerprint density at radius 2 is 2.13 bits per heavy atom. The van der Waals surface area contributed by atoms with Gasteiger partial charge in [0, 0.05) is 25.9 Å². The average Bonchev–Trinajstić information content (AvgIpc) is 2.99. The van der Waals surface area contributed by atoms with Crippen molar-refractivity contribution in [3.8, 4) is 0 Å². The Labute approximate surface area is 137 Å². The highest BCUT2D eigenvalue weighted by molar-refractivity contribution is 5.74. The standard InChI is InChI=1S/C17H28N4O2/c1-13(22)21-12-17(10-14(23)16(21,2)3)4-8-20(9-5-17)11-15-18-6-7-19-15/h6-7,14,23H,4-5,8-12H2,1-3H3,(H,18,19). The van der Waals surface area contributed by atoms with Gasteiger partial charge < -0.3 is 15.0 Å². The summed E-state index contributed by atoms with van der Waals surface area (Å²) in [6.07, 6.45) is 6.00. The number of carbonyl (C=O) groups is 1. The van der Waals surface area contributed by atoms with E-state index in [-0.39, 0.29) is 11.3 Å². The molecule has 1 atom stereocenters. The van der Waals surface area contributed by atoms with E-state index in [9.17, 15) is 9.90 Å².